The summed E-state index contributed by atoms with van der Waals surface area (Å²) in [5.41, 5.74) is 0. The maximum absolute atomic E-state index is 7.29. The van der Waals surface area contributed by atoms with Gasteiger partial charge in [-0.25, -0.2) is 9.98 Å². The molecular weight excluding hydrogens is 174 g/mol. The minimum absolute atomic E-state index is 0.257. The molecule has 0 heterocycles. The Labute approximate surface area is 86.9 Å². The van der Waals surface area contributed by atoms with Gasteiger partial charge < -0.3 is 0 Å². The number of nitrogens with one attached hydrogen (secondary N) is 1. The first-order chi connectivity index (χ1) is 6.40. The molecule has 0 bridgehead atoms. The van der Waals surface area contributed by atoms with Crippen LogP contribution in [0.2, 0.25) is 0 Å². The smallest absolute Gasteiger partial charge is 0.132 e. The second-order valence-corrected chi connectivity index (χ2v) is 4.11. The van der Waals surface area contributed by atoms with E-state index in [-0.39, 0.29) is 11.8 Å². The Kier molecular flexibility index (Phi) is 5.28. The van der Waals surface area contributed by atoms with Gasteiger partial charge in [0.25, 0.3) is 0 Å². The van der Waals surface area contributed by atoms with Crippen molar-refractivity contribution < 1.29 is 0 Å². The average Bonchev–Trinajstić information content (AvgIpc) is 2.11. The second-order valence-electron chi connectivity index (χ2n) is 4.11. The second kappa shape index (κ2) is 5.68. The molecule has 0 aliphatic carbocycles. The van der Waals surface area contributed by atoms with Gasteiger partial charge in [0, 0.05) is 5.92 Å². The fourth-order valence-corrected chi connectivity index (χ4v) is 1.27. The number of aliphatic imine (C=N–C) groups is 2. The monoisotopic (exact) mass is 195 g/mol. The molecular formula is C11H21N3. The maximum atomic E-state index is 7.29. The van der Waals surface area contributed by atoms with E-state index < -0.39 is 0 Å². The zero-order valence-corrected chi connectivity index (χ0v) is 9.83. The summed E-state index contributed by atoms with van der Waals surface area (Å²) in [6, 6.07) is 0. The molecule has 0 aromatic rings. The highest BCUT2D eigenvalue weighted by Crippen LogP contribution is 2.21. The molecule has 3 heteroatoms. The van der Waals surface area contributed by atoms with Crippen LogP contribution in [0.15, 0.2) is 9.98 Å². The molecule has 3 nitrogen and oxygen atoms in total. The fraction of sp³-hybridized carbons (Fsp3) is 0.727. The number of hydrogen-bond donors (Lipinski definition) is 1. The summed E-state index contributed by atoms with van der Waals surface area (Å²) < 4.78 is 0. The van der Waals surface area contributed by atoms with E-state index in [0.29, 0.717) is 17.7 Å². The predicted octanol–water partition coefficient (Wildman–Crippen LogP) is 3.01. The largest absolute Gasteiger partial charge is 0.287 e. The van der Waals surface area contributed by atoms with Crippen molar-refractivity contribution in [1.82, 2.24) is 0 Å². The summed E-state index contributed by atoms with van der Waals surface area (Å²) in [4.78, 5) is 7.96. The molecule has 14 heavy (non-hydrogen) atoms. The molecule has 80 valence electrons. The summed E-state index contributed by atoms with van der Waals surface area (Å²) >= 11 is 0. The van der Waals surface area contributed by atoms with Gasteiger partial charge in [-0.15, -0.1) is 0 Å². The molecule has 0 aliphatic rings. The van der Waals surface area contributed by atoms with E-state index >= 15 is 0 Å². The van der Waals surface area contributed by atoms with Crippen molar-refractivity contribution in [2.75, 3.05) is 0 Å². The van der Waals surface area contributed by atoms with Gasteiger partial charge in [-0.05, 0) is 25.5 Å². The van der Waals surface area contributed by atoms with Crippen LogP contribution in [0.5, 0.6) is 0 Å². The van der Waals surface area contributed by atoms with E-state index in [2.05, 4.69) is 44.4 Å². The topological polar surface area (TPSA) is 48.6 Å². The number of amidine groups is 2. The molecule has 0 spiro atoms. The van der Waals surface area contributed by atoms with Gasteiger partial charge in [0.1, 0.15) is 11.7 Å². The quantitative estimate of drug-likeness (QED) is 0.531. The molecule has 0 aromatic heterocycles. The van der Waals surface area contributed by atoms with Crippen LogP contribution in [-0.2, 0) is 0 Å². The van der Waals surface area contributed by atoms with Crippen molar-refractivity contribution in [3.05, 3.63) is 0 Å². The Morgan fingerprint density at radius 2 is 1.71 bits per heavy atom. The molecule has 0 radical (unpaired) electrons. The summed E-state index contributed by atoms with van der Waals surface area (Å²) in [7, 11) is 0. The standard InChI is InChI=1S/C11H21N3/c1-7(2)8(3)9(4)11(13-6)14-10(5)12/h7-9,12H,6H2,1-5H3/b12-10?,14-11-/t8-,9+/m1/s1. The van der Waals surface area contributed by atoms with Crippen molar-refractivity contribution in [3.63, 3.8) is 0 Å². The van der Waals surface area contributed by atoms with E-state index in [4.69, 9.17) is 5.41 Å². The van der Waals surface area contributed by atoms with Crippen LogP contribution in [0.25, 0.3) is 0 Å². The van der Waals surface area contributed by atoms with Crippen molar-refractivity contribution in [2.24, 2.45) is 27.7 Å². The lowest BCUT2D eigenvalue weighted by Crippen LogP contribution is -2.22. The van der Waals surface area contributed by atoms with Crippen LogP contribution in [0, 0.1) is 23.2 Å². The Balaban J connectivity index is 4.70. The molecule has 0 fully saturated rings. The van der Waals surface area contributed by atoms with Gasteiger partial charge in [0.15, 0.2) is 0 Å². The average molecular weight is 195 g/mol. The van der Waals surface area contributed by atoms with Gasteiger partial charge in [-0.1, -0.05) is 27.7 Å². The molecule has 0 saturated heterocycles. The Hall–Kier alpha value is -0.990. The Morgan fingerprint density at radius 1 is 1.21 bits per heavy atom. The van der Waals surface area contributed by atoms with E-state index in [9.17, 15) is 0 Å². The van der Waals surface area contributed by atoms with E-state index in [1.807, 2.05) is 0 Å². The van der Waals surface area contributed by atoms with Gasteiger partial charge >= 0.3 is 0 Å². The lowest BCUT2D eigenvalue weighted by Gasteiger charge is -2.22. The van der Waals surface area contributed by atoms with E-state index in [0.717, 1.165) is 0 Å². The third-order valence-corrected chi connectivity index (χ3v) is 2.69. The highest BCUT2D eigenvalue weighted by atomic mass is 14.9. The Morgan fingerprint density at radius 3 is 2.00 bits per heavy atom. The minimum atomic E-state index is 0.257. The highest BCUT2D eigenvalue weighted by molar-refractivity contribution is 5.97. The maximum Gasteiger partial charge on any atom is 0.132 e. The molecule has 2 atom stereocenters. The van der Waals surface area contributed by atoms with Crippen molar-refractivity contribution >= 4 is 18.4 Å². The van der Waals surface area contributed by atoms with E-state index in [1.54, 1.807) is 6.92 Å². The molecule has 0 saturated carbocycles. The minimum Gasteiger partial charge on any atom is -0.287 e. The lowest BCUT2D eigenvalue weighted by molar-refractivity contribution is 0.357. The van der Waals surface area contributed by atoms with Crippen LogP contribution in [0.1, 0.15) is 34.6 Å². The zero-order valence-electron chi connectivity index (χ0n) is 9.83. The third kappa shape index (κ3) is 3.81. The zero-order chi connectivity index (χ0) is 11.3. The lowest BCUT2D eigenvalue weighted by atomic mass is 9.85. The van der Waals surface area contributed by atoms with Crippen molar-refractivity contribution in [1.29, 1.82) is 5.41 Å². The molecule has 0 aliphatic heterocycles. The summed E-state index contributed by atoms with van der Waals surface area (Å²) in [5.74, 6) is 2.31. The highest BCUT2D eigenvalue weighted by Gasteiger charge is 2.20. The number of rotatable bonds is 3. The van der Waals surface area contributed by atoms with Crippen LogP contribution >= 0.6 is 0 Å². The van der Waals surface area contributed by atoms with Crippen LogP contribution < -0.4 is 0 Å². The van der Waals surface area contributed by atoms with Gasteiger partial charge in [-0.2, -0.15) is 0 Å². The fourth-order valence-electron chi connectivity index (χ4n) is 1.27. The van der Waals surface area contributed by atoms with Crippen LogP contribution in [0.3, 0.4) is 0 Å². The van der Waals surface area contributed by atoms with E-state index in [1.165, 1.54) is 0 Å². The summed E-state index contributed by atoms with van der Waals surface area (Å²) in [6.45, 7) is 13.8. The predicted molar refractivity (Wildman–Crippen MR) is 63.6 cm³/mol. The first-order valence-electron chi connectivity index (χ1n) is 5.00. The molecule has 0 aromatic carbocycles. The molecule has 0 amide bonds. The molecule has 0 rings (SSSR count). The molecule has 1 N–H and O–H groups in total. The summed E-state index contributed by atoms with van der Waals surface area (Å²) in [5, 5.41) is 7.29. The van der Waals surface area contributed by atoms with Crippen molar-refractivity contribution in [2.45, 2.75) is 34.6 Å². The Bertz CT molecular complexity index is 241. The van der Waals surface area contributed by atoms with Gasteiger partial charge in [-0.3, -0.25) is 5.41 Å². The molecule has 0 unspecified atom stereocenters. The first-order valence-corrected chi connectivity index (χ1v) is 5.00. The SMILES string of the molecule is C=N/C(=N\C(C)=N)[C@@H](C)[C@H](C)C(C)C. The first kappa shape index (κ1) is 13.0. The number of hydrogen-bond acceptors (Lipinski definition) is 1. The number of nitrogens with zero attached hydrogens (tertiary/aromatic N) is 2. The summed E-state index contributed by atoms with van der Waals surface area (Å²) in [6.07, 6.45) is 0. The van der Waals surface area contributed by atoms with Crippen LogP contribution in [-0.4, -0.2) is 18.4 Å². The van der Waals surface area contributed by atoms with Gasteiger partial charge in [0.05, 0.1) is 0 Å². The normalized spacial score (nSPS) is 16.6. The van der Waals surface area contributed by atoms with Gasteiger partial charge in [0.2, 0.25) is 0 Å². The van der Waals surface area contributed by atoms with Crippen molar-refractivity contribution in [3.8, 4) is 0 Å². The third-order valence-electron chi connectivity index (χ3n) is 2.69. The van der Waals surface area contributed by atoms with Crippen LogP contribution in [0.4, 0.5) is 0 Å².